The predicted molar refractivity (Wildman–Crippen MR) is 97.9 cm³/mol. The minimum absolute atomic E-state index is 0.0735. The average Bonchev–Trinajstić information content (AvgIpc) is 2.58. The maximum Gasteiger partial charge on any atom is 0.416 e. The van der Waals surface area contributed by atoms with E-state index in [1.165, 1.54) is 25.3 Å². The van der Waals surface area contributed by atoms with Crippen LogP contribution in [0.25, 0.3) is 0 Å². The summed E-state index contributed by atoms with van der Waals surface area (Å²) in [4.78, 5) is 12.2. The van der Waals surface area contributed by atoms with Crippen molar-refractivity contribution in [2.24, 2.45) is 0 Å². The fourth-order valence-corrected chi connectivity index (χ4v) is 2.32. The number of ether oxygens (including phenoxy) is 2. The Morgan fingerprint density at radius 2 is 1.78 bits per heavy atom. The average molecular weight is 423 g/mol. The van der Waals surface area contributed by atoms with E-state index in [0.717, 1.165) is 18.2 Å². The summed E-state index contributed by atoms with van der Waals surface area (Å²) in [5.74, 6) is 0.0735. The van der Waals surface area contributed by atoms with E-state index < -0.39 is 17.8 Å². The molecule has 0 saturated heterocycles. The van der Waals surface area contributed by atoms with Crippen LogP contribution in [0.4, 0.5) is 29.3 Å². The lowest BCUT2D eigenvalue weighted by atomic mass is 10.2. The molecule has 0 spiro atoms. The molecule has 10 heteroatoms. The normalized spacial score (nSPS) is 11.2. The van der Waals surface area contributed by atoms with Crippen LogP contribution in [0, 0.1) is 0 Å². The molecule has 0 atom stereocenters. The van der Waals surface area contributed by atoms with E-state index in [0.29, 0.717) is 10.7 Å². The van der Waals surface area contributed by atoms with Gasteiger partial charge < -0.3 is 20.1 Å². The van der Waals surface area contributed by atoms with Gasteiger partial charge in [-0.15, -0.1) is 0 Å². The molecule has 0 bridgehead atoms. The summed E-state index contributed by atoms with van der Waals surface area (Å²) >= 11 is 11.7. The van der Waals surface area contributed by atoms with Gasteiger partial charge in [-0.1, -0.05) is 23.2 Å². The highest BCUT2D eigenvalue weighted by Gasteiger charge is 2.31. The first-order valence-electron chi connectivity index (χ1n) is 7.56. The highest BCUT2D eigenvalue weighted by Crippen LogP contribution is 2.35. The van der Waals surface area contributed by atoms with E-state index in [4.69, 9.17) is 32.7 Å². The number of anilines is 2. The zero-order chi connectivity index (χ0) is 20.0. The molecule has 0 aliphatic rings. The van der Waals surface area contributed by atoms with Crippen molar-refractivity contribution in [3.05, 3.63) is 52.0 Å². The minimum atomic E-state index is -4.57. The molecule has 0 saturated carbocycles. The Morgan fingerprint density at radius 3 is 2.41 bits per heavy atom. The van der Waals surface area contributed by atoms with Crippen LogP contribution in [0.3, 0.4) is 0 Å². The van der Waals surface area contributed by atoms with E-state index >= 15 is 0 Å². The van der Waals surface area contributed by atoms with Crippen LogP contribution in [0.15, 0.2) is 36.4 Å². The Morgan fingerprint density at radius 1 is 1.04 bits per heavy atom. The monoisotopic (exact) mass is 422 g/mol. The van der Waals surface area contributed by atoms with Crippen LogP contribution in [-0.2, 0) is 10.9 Å². The third kappa shape index (κ3) is 6.20. The maximum atomic E-state index is 13.0. The second kappa shape index (κ2) is 9.16. The lowest BCUT2D eigenvalue weighted by Crippen LogP contribution is -2.20. The number of carbonyl (C=O) groups excluding carboxylic acids is 1. The summed E-state index contributed by atoms with van der Waals surface area (Å²) in [5, 5.41) is 5.32. The van der Waals surface area contributed by atoms with Crippen molar-refractivity contribution >= 4 is 40.6 Å². The van der Waals surface area contributed by atoms with Crippen molar-refractivity contribution in [2.75, 3.05) is 31.0 Å². The molecule has 27 heavy (non-hydrogen) atoms. The molecular formula is C17H15Cl2F3N2O3. The number of nitrogens with one attached hydrogen (secondary N) is 2. The third-order valence-corrected chi connectivity index (χ3v) is 4.02. The van der Waals surface area contributed by atoms with Crippen molar-refractivity contribution in [1.29, 1.82) is 0 Å². The smallest absolute Gasteiger partial charge is 0.416 e. The molecule has 0 heterocycles. The number of methoxy groups -OCH3 is 1. The second-order valence-electron chi connectivity index (χ2n) is 5.26. The number of benzene rings is 2. The van der Waals surface area contributed by atoms with Crippen molar-refractivity contribution in [3.8, 4) is 5.75 Å². The minimum Gasteiger partial charge on any atom is -0.489 e. The molecule has 2 rings (SSSR count). The molecule has 0 fully saturated rings. The first kappa shape index (κ1) is 21.1. The Labute approximate surface area is 163 Å². The van der Waals surface area contributed by atoms with Crippen molar-refractivity contribution in [3.63, 3.8) is 0 Å². The van der Waals surface area contributed by atoms with Gasteiger partial charge in [-0.3, -0.25) is 0 Å². The fraction of sp³-hybridized carbons (Fsp3) is 0.235. The number of hydrogen-bond donors (Lipinski definition) is 2. The molecule has 146 valence electrons. The molecule has 2 aromatic rings. The summed E-state index contributed by atoms with van der Waals surface area (Å²) in [6, 6.07) is 6.39. The number of halogens is 5. The molecule has 0 radical (unpaired) electrons. The van der Waals surface area contributed by atoms with E-state index in [2.05, 4.69) is 10.6 Å². The highest BCUT2D eigenvalue weighted by molar-refractivity contribution is 6.42. The number of amides is 2. The second-order valence-corrected chi connectivity index (χ2v) is 6.07. The predicted octanol–water partition coefficient (Wildman–Crippen LogP) is 5.68. The lowest BCUT2D eigenvalue weighted by molar-refractivity contribution is -0.137. The van der Waals surface area contributed by atoms with Crippen molar-refractivity contribution in [2.45, 2.75) is 6.18 Å². The summed E-state index contributed by atoms with van der Waals surface area (Å²) in [5.41, 5.74) is -0.749. The molecule has 0 unspecified atom stereocenters. The number of hydrogen-bond acceptors (Lipinski definition) is 3. The zero-order valence-electron chi connectivity index (χ0n) is 14.0. The van der Waals surface area contributed by atoms with E-state index in [-0.39, 0.29) is 29.7 Å². The van der Waals surface area contributed by atoms with Gasteiger partial charge in [-0.05, 0) is 36.4 Å². The van der Waals surface area contributed by atoms with Crippen molar-refractivity contribution < 1.29 is 27.4 Å². The SMILES string of the molecule is COCCOc1ccc(C(F)(F)F)cc1NC(=O)Nc1ccc(Cl)c(Cl)c1. The van der Waals surface area contributed by atoms with Crippen LogP contribution in [0.2, 0.25) is 10.0 Å². The van der Waals surface area contributed by atoms with Gasteiger partial charge in [0.15, 0.2) is 0 Å². The zero-order valence-corrected chi connectivity index (χ0v) is 15.5. The first-order chi connectivity index (χ1) is 12.7. The summed E-state index contributed by atoms with van der Waals surface area (Å²) in [6.07, 6.45) is -4.57. The summed E-state index contributed by atoms with van der Waals surface area (Å²) in [6.45, 7) is 0.334. The summed E-state index contributed by atoms with van der Waals surface area (Å²) < 4.78 is 49.1. The number of alkyl halides is 3. The van der Waals surface area contributed by atoms with Gasteiger partial charge in [-0.2, -0.15) is 13.2 Å². The van der Waals surface area contributed by atoms with Gasteiger partial charge in [0.1, 0.15) is 12.4 Å². The molecular weight excluding hydrogens is 408 g/mol. The Bertz CT molecular complexity index is 816. The van der Waals surface area contributed by atoms with E-state index in [9.17, 15) is 18.0 Å². The van der Waals surface area contributed by atoms with Crippen LogP contribution in [0.1, 0.15) is 5.56 Å². The van der Waals surface area contributed by atoms with Crippen LogP contribution < -0.4 is 15.4 Å². The van der Waals surface area contributed by atoms with Crippen molar-refractivity contribution in [1.82, 2.24) is 0 Å². The molecule has 2 N–H and O–H groups in total. The molecule has 0 aromatic heterocycles. The number of urea groups is 1. The Balaban J connectivity index is 2.19. The van der Waals surface area contributed by atoms with Gasteiger partial charge in [-0.25, -0.2) is 4.79 Å². The molecule has 2 amide bonds. The molecule has 0 aliphatic carbocycles. The topological polar surface area (TPSA) is 59.6 Å². The Hall–Kier alpha value is -2.16. The first-order valence-corrected chi connectivity index (χ1v) is 8.32. The highest BCUT2D eigenvalue weighted by atomic mass is 35.5. The van der Waals surface area contributed by atoms with Gasteiger partial charge >= 0.3 is 12.2 Å². The van der Waals surface area contributed by atoms with E-state index in [1.807, 2.05) is 0 Å². The van der Waals surface area contributed by atoms with Gasteiger partial charge in [0.2, 0.25) is 0 Å². The fourth-order valence-electron chi connectivity index (χ4n) is 2.02. The van der Waals surface area contributed by atoms with Gasteiger partial charge in [0, 0.05) is 12.8 Å². The maximum absolute atomic E-state index is 13.0. The third-order valence-electron chi connectivity index (χ3n) is 3.28. The van der Waals surface area contributed by atoms with Crippen LogP contribution in [-0.4, -0.2) is 26.4 Å². The molecule has 5 nitrogen and oxygen atoms in total. The standard InChI is InChI=1S/C17H15Cl2F3N2O3/c1-26-6-7-27-15-5-2-10(17(20,21)22)8-14(15)24-16(25)23-11-3-4-12(18)13(19)9-11/h2-5,8-9H,6-7H2,1H3,(H2,23,24,25). The van der Waals surface area contributed by atoms with Gasteiger partial charge in [0.25, 0.3) is 0 Å². The molecule has 2 aromatic carbocycles. The lowest BCUT2D eigenvalue weighted by Gasteiger charge is -2.16. The van der Waals surface area contributed by atoms with Gasteiger partial charge in [0.05, 0.1) is 27.9 Å². The largest absolute Gasteiger partial charge is 0.489 e. The van der Waals surface area contributed by atoms with E-state index in [1.54, 1.807) is 0 Å². The summed E-state index contributed by atoms with van der Waals surface area (Å²) in [7, 11) is 1.46. The van der Waals surface area contributed by atoms with Crippen LogP contribution >= 0.6 is 23.2 Å². The molecule has 0 aliphatic heterocycles. The number of carbonyl (C=O) groups is 1. The quantitative estimate of drug-likeness (QED) is 0.588. The van der Waals surface area contributed by atoms with Crippen LogP contribution in [0.5, 0.6) is 5.75 Å². The number of rotatable bonds is 6. The Kier molecular flexibility index (Phi) is 7.18.